The van der Waals surface area contributed by atoms with Crippen molar-refractivity contribution in [2.24, 2.45) is 0 Å². The Morgan fingerprint density at radius 1 is 1.30 bits per heavy atom. The average molecular weight is 453 g/mol. The third-order valence-electron chi connectivity index (χ3n) is 6.58. The van der Waals surface area contributed by atoms with E-state index in [9.17, 15) is 14.3 Å². The van der Waals surface area contributed by atoms with Crippen molar-refractivity contribution in [1.29, 1.82) is 5.26 Å². The molecule has 0 bridgehead atoms. The molecule has 1 saturated heterocycles. The fraction of sp³-hybridized carbons (Fsp3) is 0.500. The van der Waals surface area contributed by atoms with Gasteiger partial charge in [-0.3, -0.25) is 4.79 Å². The van der Waals surface area contributed by atoms with Crippen LogP contribution in [0.4, 0.5) is 16.0 Å². The molecule has 2 heterocycles. The Bertz CT molecular complexity index is 1060. The highest BCUT2D eigenvalue weighted by molar-refractivity contribution is 5.92. The Morgan fingerprint density at radius 3 is 2.73 bits per heavy atom. The molecule has 1 aromatic carbocycles. The molecular formula is C24H29FN6O2. The molecule has 2 aliphatic rings. The number of aromatic nitrogens is 2. The molecule has 2 N–H and O–H groups in total. The normalized spacial score (nSPS) is 25.4. The van der Waals surface area contributed by atoms with Gasteiger partial charge in [0.25, 0.3) is 5.91 Å². The predicted octanol–water partition coefficient (Wildman–Crippen LogP) is 2.63. The molecule has 1 saturated carbocycles. The maximum absolute atomic E-state index is 14.5. The summed E-state index contributed by atoms with van der Waals surface area (Å²) < 4.78 is 14.5. The molecule has 1 unspecified atom stereocenters. The number of rotatable bonds is 4. The van der Waals surface area contributed by atoms with E-state index in [1.54, 1.807) is 24.4 Å². The molecule has 1 aromatic heterocycles. The van der Waals surface area contributed by atoms with Crippen molar-refractivity contribution in [3.05, 3.63) is 47.5 Å². The molecule has 0 spiro atoms. The van der Waals surface area contributed by atoms with Gasteiger partial charge >= 0.3 is 0 Å². The van der Waals surface area contributed by atoms with Crippen LogP contribution in [0, 0.1) is 17.1 Å². The predicted molar refractivity (Wildman–Crippen MR) is 123 cm³/mol. The van der Waals surface area contributed by atoms with E-state index in [2.05, 4.69) is 15.3 Å². The summed E-state index contributed by atoms with van der Waals surface area (Å²) in [6.45, 7) is 5.54. The van der Waals surface area contributed by atoms with Crippen LogP contribution in [0.3, 0.4) is 0 Å². The Balaban J connectivity index is 1.40. The fourth-order valence-corrected chi connectivity index (χ4v) is 4.56. The minimum Gasteiger partial charge on any atom is -0.390 e. The van der Waals surface area contributed by atoms with Gasteiger partial charge in [0.05, 0.1) is 22.9 Å². The maximum atomic E-state index is 14.5. The van der Waals surface area contributed by atoms with Crippen LogP contribution >= 0.6 is 0 Å². The monoisotopic (exact) mass is 452 g/mol. The number of nitrogens with zero attached hydrogens (tertiary/aromatic N) is 5. The van der Waals surface area contributed by atoms with Crippen LogP contribution in [0.25, 0.3) is 0 Å². The quantitative estimate of drug-likeness (QED) is 0.735. The average Bonchev–Trinajstić information content (AvgIpc) is 2.80. The number of carbonyl (C=O) groups excluding carboxylic acids is 1. The molecule has 8 nitrogen and oxygen atoms in total. The lowest BCUT2D eigenvalue weighted by Crippen LogP contribution is -2.53. The molecule has 0 radical (unpaired) electrons. The number of anilines is 2. The second-order valence-electron chi connectivity index (χ2n) is 9.25. The van der Waals surface area contributed by atoms with Crippen LogP contribution < -0.4 is 15.1 Å². The van der Waals surface area contributed by atoms with Crippen molar-refractivity contribution in [2.75, 3.05) is 29.4 Å². The maximum Gasteiger partial charge on any atom is 0.270 e. The summed E-state index contributed by atoms with van der Waals surface area (Å²) in [5.74, 6) is -0.174. The molecule has 174 valence electrons. The topological polar surface area (TPSA) is 105 Å². The lowest BCUT2D eigenvalue weighted by Gasteiger charge is -2.41. The molecule has 1 atom stereocenters. The molecule has 1 amide bonds. The number of halogens is 1. The summed E-state index contributed by atoms with van der Waals surface area (Å²) in [5.41, 5.74) is 0.429. The van der Waals surface area contributed by atoms with Crippen LogP contribution in [-0.4, -0.2) is 58.3 Å². The Labute approximate surface area is 193 Å². The first kappa shape index (κ1) is 22.9. The van der Waals surface area contributed by atoms with Crippen LogP contribution in [0.5, 0.6) is 0 Å². The first-order chi connectivity index (χ1) is 15.8. The van der Waals surface area contributed by atoms with E-state index >= 15 is 0 Å². The number of nitriles is 1. The lowest BCUT2D eigenvalue weighted by atomic mass is 9.83. The largest absolute Gasteiger partial charge is 0.390 e. The zero-order chi connectivity index (χ0) is 23.6. The van der Waals surface area contributed by atoms with Crippen LogP contribution in [0.1, 0.15) is 55.6 Å². The van der Waals surface area contributed by atoms with E-state index in [-0.39, 0.29) is 18.0 Å². The number of hydrogen-bond acceptors (Lipinski definition) is 7. The van der Waals surface area contributed by atoms with Crippen molar-refractivity contribution in [3.63, 3.8) is 0 Å². The van der Waals surface area contributed by atoms with E-state index < -0.39 is 11.4 Å². The van der Waals surface area contributed by atoms with Crippen LogP contribution in [0.2, 0.25) is 0 Å². The minimum atomic E-state index is -0.651. The third-order valence-corrected chi connectivity index (χ3v) is 6.58. The Morgan fingerprint density at radius 2 is 2.06 bits per heavy atom. The summed E-state index contributed by atoms with van der Waals surface area (Å²) in [5, 5.41) is 22.1. The highest BCUT2D eigenvalue weighted by atomic mass is 19.1. The van der Waals surface area contributed by atoms with Crippen molar-refractivity contribution in [3.8, 4) is 6.07 Å². The van der Waals surface area contributed by atoms with E-state index in [1.807, 2.05) is 29.7 Å². The van der Waals surface area contributed by atoms with Gasteiger partial charge in [-0.25, -0.2) is 14.4 Å². The van der Waals surface area contributed by atoms with Crippen molar-refractivity contribution in [2.45, 2.75) is 57.2 Å². The molecule has 33 heavy (non-hydrogen) atoms. The Hall–Kier alpha value is -3.25. The summed E-state index contributed by atoms with van der Waals surface area (Å²) in [7, 11) is 0. The zero-order valence-electron chi connectivity index (χ0n) is 19.0. The van der Waals surface area contributed by atoms with Gasteiger partial charge < -0.3 is 20.2 Å². The van der Waals surface area contributed by atoms with Crippen LogP contribution in [0.15, 0.2) is 30.5 Å². The molecule has 1 aliphatic heterocycles. The number of piperazine rings is 1. The first-order valence-corrected chi connectivity index (χ1v) is 11.3. The molecule has 9 heteroatoms. The minimum absolute atomic E-state index is 0.00678. The van der Waals surface area contributed by atoms with Gasteiger partial charge in [0.15, 0.2) is 0 Å². The molecule has 1 aliphatic carbocycles. The summed E-state index contributed by atoms with van der Waals surface area (Å²) in [6.07, 6.45) is 4.38. The summed E-state index contributed by atoms with van der Waals surface area (Å²) in [4.78, 5) is 25.6. The number of aliphatic hydroxyl groups is 1. The molecule has 4 rings (SSSR count). The summed E-state index contributed by atoms with van der Waals surface area (Å²) >= 11 is 0. The van der Waals surface area contributed by atoms with E-state index in [4.69, 9.17) is 5.26 Å². The van der Waals surface area contributed by atoms with Gasteiger partial charge in [0, 0.05) is 37.9 Å². The van der Waals surface area contributed by atoms with E-state index in [0.717, 1.165) is 12.8 Å². The number of nitrogens with one attached hydrogen (secondary N) is 1. The third kappa shape index (κ3) is 5.22. The van der Waals surface area contributed by atoms with Gasteiger partial charge in [-0.05, 0) is 63.8 Å². The number of amides is 1. The van der Waals surface area contributed by atoms with Gasteiger partial charge in [-0.15, -0.1) is 0 Å². The lowest BCUT2D eigenvalue weighted by molar-refractivity contribution is 0.0140. The molecular weight excluding hydrogens is 423 g/mol. The second-order valence-corrected chi connectivity index (χ2v) is 9.25. The number of benzene rings is 1. The molecule has 2 fully saturated rings. The fourth-order valence-electron chi connectivity index (χ4n) is 4.56. The smallest absolute Gasteiger partial charge is 0.270 e. The zero-order valence-corrected chi connectivity index (χ0v) is 19.0. The van der Waals surface area contributed by atoms with E-state index in [0.29, 0.717) is 55.4 Å². The van der Waals surface area contributed by atoms with Crippen LogP contribution in [-0.2, 0) is 0 Å². The SMILES string of the molecule is CC1CN(c2ccc(C#N)cc2F)CCN1c1nccc(C(=O)NC2CCC(C)(O)CC2)n1. The van der Waals surface area contributed by atoms with Crippen molar-refractivity contribution < 1.29 is 14.3 Å². The number of carbonyl (C=O) groups is 1. The molecule has 2 aromatic rings. The van der Waals surface area contributed by atoms with Gasteiger partial charge in [0.2, 0.25) is 5.95 Å². The highest BCUT2D eigenvalue weighted by Gasteiger charge is 2.30. The van der Waals surface area contributed by atoms with E-state index in [1.165, 1.54) is 6.07 Å². The van der Waals surface area contributed by atoms with Crippen molar-refractivity contribution in [1.82, 2.24) is 15.3 Å². The second kappa shape index (κ2) is 9.32. The van der Waals surface area contributed by atoms with Gasteiger partial charge in [0.1, 0.15) is 11.5 Å². The van der Waals surface area contributed by atoms with Gasteiger partial charge in [-0.1, -0.05) is 0 Å². The standard InChI is InChI=1S/C24H29FN6O2/c1-16-15-30(21-4-3-17(14-26)13-19(21)25)11-12-31(16)23-27-10-7-20(29-23)22(32)28-18-5-8-24(2,33)9-6-18/h3-4,7,10,13,16,18,33H,5-6,8-9,11-12,15H2,1-2H3,(H,28,32). The van der Waals surface area contributed by atoms with Crippen molar-refractivity contribution >= 4 is 17.5 Å². The summed E-state index contributed by atoms with van der Waals surface area (Å²) in [6, 6.07) is 8.09. The highest BCUT2D eigenvalue weighted by Crippen LogP contribution is 2.28. The number of hydrogen-bond donors (Lipinski definition) is 2. The first-order valence-electron chi connectivity index (χ1n) is 11.3. The van der Waals surface area contributed by atoms with Gasteiger partial charge in [-0.2, -0.15) is 5.26 Å². The Kier molecular flexibility index (Phi) is 6.47.